The van der Waals surface area contributed by atoms with Crippen molar-refractivity contribution in [2.45, 2.75) is 12.7 Å². The van der Waals surface area contributed by atoms with Gasteiger partial charge in [-0.15, -0.1) is 0 Å². The van der Waals surface area contributed by atoms with Gasteiger partial charge in [-0.1, -0.05) is 18.2 Å². The fourth-order valence-electron chi connectivity index (χ4n) is 2.21. The van der Waals surface area contributed by atoms with E-state index in [2.05, 4.69) is 10.1 Å². The van der Waals surface area contributed by atoms with Crippen LogP contribution >= 0.6 is 0 Å². The highest BCUT2D eigenvalue weighted by Crippen LogP contribution is 2.37. The van der Waals surface area contributed by atoms with Gasteiger partial charge in [-0.05, 0) is 17.7 Å². The smallest absolute Gasteiger partial charge is 0.326 e. The molecule has 2 heterocycles. The van der Waals surface area contributed by atoms with Gasteiger partial charge in [0, 0.05) is 24.5 Å². The molecule has 0 aliphatic rings. The molecule has 0 saturated heterocycles. The number of nitrogens with two attached hydrogens (primary N) is 1. The van der Waals surface area contributed by atoms with E-state index in [4.69, 9.17) is 5.73 Å². The van der Waals surface area contributed by atoms with E-state index in [1.54, 1.807) is 18.3 Å². The number of hydrogen-bond donors (Lipinski definition) is 1. The molecule has 3 rings (SSSR count). The molecule has 0 bridgehead atoms. The Morgan fingerprint density at radius 3 is 2.67 bits per heavy atom. The lowest BCUT2D eigenvalue weighted by molar-refractivity contribution is -0.137. The molecule has 2 aromatic heterocycles. The molecule has 3 aromatic rings. The first kappa shape index (κ1) is 13.6. The fraction of sp³-hybridized carbons (Fsp3) is 0.143. The molecule has 7 heteroatoms. The highest BCUT2D eigenvalue weighted by molar-refractivity contribution is 5.69. The highest BCUT2D eigenvalue weighted by atomic mass is 19.4. The Kier molecular flexibility index (Phi) is 3.13. The van der Waals surface area contributed by atoms with Gasteiger partial charge < -0.3 is 5.73 Å². The van der Waals surface area contributed by atoms with Crippen LogP contribution in [-0.4, -0.2) is 14.6 Å². The first-order valence-electron chi connectivity index (χ1n) is 6.20. The van der Waals surface area contributed by atoms with Crippen LogP contribution in [-0.2, 0) is 12.7 Å². The molecule has 108 valence electrons. The van der Waals surface area contributed by atoms with Gasteiger partial charge in [-0.25, -0.2) is 9.50 Å². The van der Waals surface area contributed by atoms with Crippen LogP contribution < -0.4 is 5.73 Å². The summed E-state index contributed by atoms with van der Waals surface area (Å²) in [6.07, 6.45) is -1.34. The average molecular weight is 292 g/mol. The molecule has 0 amide bonds. The van der Waals surface area contributed by atoms with Gasteiger partial charge in [0.05, 0.1) is 11.3 Å². The van der Waals surface area contributed by atoms with Crippen molar-refractivity contribution in [1.82, 2.24) is 14.6 Å². The number of nitrogens with zero attached hydrogens (tertiary/aromatic N) is 3. The third-order valence-corrected chi connectivity index (χ3v) is 3.17. The summed E-state index contributed by atoms with van der Waals surface area (Å²) in [6, 6.07) is 6.98. The van der Waals surface area contributed by atoms with Crippen LogP contribution in [0.25, 0.3) is 16.9 Å². The molecule has 4 nitrogen and oxygen atoms in total. The summed E-state index contributed by atoms with van der Waals surface area (Å²) < 4.78 is 40.9. The molecule has 21 heavy (non-hydrogen) atoms. The normalized spacial score (nSPS) is 12.0. The maximum absolute atomic E-state index is 13.1. The van der Waals surface area contributed by atoms with Crippen LogP contribution in [0.3, 0.4) is 0 Å². The quantitative estimate of drug-likeness (QED) is 0.790. The second-order valence-electron chi connectivity index (χ2n) is 4.50. The van der Waals surface area contributed by atoms with Crippen LogP contribution in [0.2, 0.25) is 0 Å². The highest BCUT2D eigenvalue weighted by Gasteiger charge is 2.34. The van der Waals surface area contributed by atoms with Gasteiger partial charge in [0.2, 0.25) is 0 Å². The molecular weight excluding hydrogens is 281 g/mol. The number of benzene rings is 1. The SMILES string of the molecule is NCc1cc2nccn2nc1-c1ccccc1C(F)(F)F. The molecular formula is C14H11F3N4. The maximum atomic E-state index is 13.1. The van der Waals surface area contributed by atoms with Crippen molar-refractivity contribution in [2.75, 3.05) is 0 Å². The first-order valence-corrected chi connectivity index (χ1v) is 6.20. The lowest BCUT2D eigenvalue weighted by Crippen LogP contribution is -2.10. The van der Waals surface area contributed by atoms with Gasteiger partial charge >= 0.3 is 6.18 Å². The van der Waals surface area contributed by atoms with Crippen LogP contribution in [0.1, 0.15) is 11.1 Å². The number of rotatable bonds is 2. The molecule has 2 N–H and O–H groups in total. The van der Waals surface area contributed by atoms with Crippen molar-refractivity contribution in [1.29, 1.82) is 0 Å². The Labute approximate surface area is 118 Å². The Balaban J connectivity index is 2.29. The number of halogens is 3. The van der Waals surface area contributed by atoms with E-state index in [0.29, 0.717) is 11.2 Å². The lowest BCUT2D eigenvalue weighted by Gasteiger charge is -2.14. The standard InChI is InChI=1S/C14H11F3N4/c15-14(16,17)11-4-2-1-3-10(11)13-9(8-18)7-12-19-5-6-21(12)20-13/h1-7H,8,18H2. The summed E-state index contributed by atoms with van der Waals surface area (Å²) in [6.45, 7) is 0.0812. The minimum absolute atomic E-state index is 0.0149. The molecule has 0 aliphatic heterocycles. The number of alkyl halides is 3. The van der Waals surface area contributed by atoms with Crippen LogP contribution in [0, 0.1) is 0 Å². The van der Waals surface area contributed by atoms with E-state index < -0.39 is 11.7 Å². The summed E-state index contributed by atoms with van der Waals surface area (Å²) in [5.74, 6) is 0. The van der Waals surface area contributed by atoms with Crippen molar-refractivity contribution in [3.63, 3.8) is 0 Å². The zero-order valence-corrected chi connectivity index (χ0v) is 10.8. The van der Waals surface area contributed by atoms with E-state index in [1.807, 2.05) is 0 Å². The van der Waals surface area contributed by atoms with E-state index in [-0.39, 0.29) is 17.8 Å². The number of aromatic nitrogens is 3. The summed E-state index contributed by atoms with van der Waals surface area (Å²) in [5, 5.41) is 4.22. The fourth-order valence-corrected chi connectivity index (χ4v) is 2.21. The minimum Gasteiger partial charge on any atom is -0.326 e. The van der Waals surface area contributed by atoms with Gasteiger partial charge in [0.25, 0.3) is 0 Å². The molecule has 0 atom stereocenters. The van der Waals surface area contributed by atoms with Crippen LogP contribution in [0.4, 0.5) is 13.2 Å². The average Bonchev–Trinajstić information content (AvgIpc) is 2.92. The van der Waals surface area contributed by atoms with E-state index in [0.717, 1.165) is 6.07 Å². The van der Waals surface area contributed by atoms with E-state index in [1.165, 1.54) is 22.8 Å². The van der Waals surface area contributed by atoms with Crippen molar-refractivity contribution in [2.24, 2.45) is 5.73 Å². The third kappa shape index (κ3) is 2.36. The summed E-state index contributed by atoms with van der Waals surface area (Å²) in [4.78, 5) is 4.06. The first-order chi connectivity index (χ1) is 10.0. The maximum Gasteiger partial charge on any atom is 0.417 e. The van der Waals surface area contributed by atoms with Crippen LogP contribution in [0.15, 0.2) is 42.7 Å². The molecule has 1 aromatic carbocycles. The molecule has 0 fully saturated rings. The van der Waals surface area contributed by atoms with Gasteiger partial charge in [0.1, 0.15) is 0 Å². The Bertz CT molecular complexity index is 792. The van der Waals surface area contributed by atoms with Crippen LogP contribution in [0.5, 0.6) is 0 Å². The van der Waals surface area contributed by atoms with Gasteiger partial charge in [-0.2, -0.15) is 18.3 Å². The Morgan fingerprint density at radius 2 is 1.95 bits per heavy atom. The van der Waals surface area contributed by atoms with Crippen molar-refractivity contribution >= 4 is 5.65 Å². The number of fused-ring (bicyclic) bond motifs is 1. The van der Waals surface area contributed by atoms with Gasteiger partial charge in [0.15, 0.2) is 5.65 Å². The topological polar surface area (TPSA) is 56.2 Å². The molecule has 0 radical (unpaired) electrons. The molecule has 0 unspecified atom stereocenters. The summed E-state index contributed by atoms with van der Waals surface area (Å²) >= 11 is 0. The second-order valence-corrected chi connectivity index (χ2v) is 4.50. The monoisotopic (exact) mass is 292 g/mol. The Morgan fingerprint density at radius 1 is 1.19 bits per heavy atom. The van der Waals surface area contributed by atoms with Crippen molar-refractivity contribution in [3.05, 3.63) is 53.9 Å². The number of imidazole rings is 1. The summed E-state index contributed by atoms with van der Waals surface area (Å²) in [7, 11) is 0. The third-order valence-electron chi connectivity index (χ3n) is 3.17. The summed E-state index contributed by atoms with van der Waals surface area (Å²) in [5.41, 5.74) is 6.22. The van der Waals surface area contributed by atoms with E-state index in [9.17, 15) is 13.2 Å². The minimum atomic E-state index is -4.45. The molecule has 0 spiro atoms. The predicted molar refractivity (Wildman–Crippen MR) is 71.3 cm³/mol. The zero-order chi connectivity index (χ0) is 15.0. The zero-order valence-electron chi connectivity index (χ0n) is 10.8. The molecule has 0 saturated carbocycles. The van der Waals surface area contributed by atoms with Gasteiger partial charge in [-0.3, -0.25) is 0 Å². The molecule has 0 aliphatic carbocycles. The predicted octanol–water partition coefficient (Wildman–Crippen LogP) is 2.87. The largest absolute Gasteiger partial charge is 0.417 e. The van der Waals surface area contributed by atoms with Crippen molar-refractivity contribution < 1.29 is 13.2 Å². The second kappa shape index (κ2) is 4.85. The Hall–Kier alpha value is -2.41. The van der Waals surface area contributed by atoms with Crippen molar-refractivity contribution in [3.8, 4) is 11.3 Å². The lowest BCUT2D eigenvalue weighted by atomic mass is 10.0. The van der Waals surface area contributed by atoms with E-state index >= 15 is 0 Å². The number of hydrogen-bond acceptors (Lipinski definition) is 3.